The van der Waals surface area contributed by atoms with Crippen LogP contribution in [0.3, 0.4) is 0 Å². The summed E-state index contributed by atoms with van der Waals surface area (Å²) >= 11 is 0. The smallest absolute Gasteiger partial charge is 0.343 e. The van der Waals surface area contributed by atoms with Crippen LogP contribution in [0.4, 0.5) is 0 Å². The molecule has 0 amide bonds. The van der Waals surface area contributed by atoms with Gasteiger partial charge in [-0.3, -0.25) is 0 Å². The van der Waals surface area contributed by atoms with Crippen LogP contribution in [-0.4, -0.2) is 35.9 Å². The van der Waals surface area contributed by atoms with Gasteiger partial charge in [0.25, 0.3) is 0 Å². The van der Waals surface area contributed by atoms with E-state index in [1.807, 2.05) is 24.3 Å². The first-order valence-electron chi connectivity index (χ1n) is 12.9. The fraction of sp³-hybridized carbons (Fsp3) is 0.607. The highest BCUT2D eigenvalue weighted by Gasteiger charge is 2.10. The minimum atomic E-state index is -0.481. The highest BCUT2D eigenvalue weighted by Crippen LogP contribution is 2.20. The number of hydrogen-bond acceptors (Lipinski definition) is 6. The van der Waals surface area contributed by atoms with Crippen molar-refractivity contribution in [2.24, 2.45) is 5.92 Å². The summed E-state index contributed by atoms with van der Waals surface area (Å²) in [4.78, 5) is 20.7. The van der Waals surface area contributed by atoms with Crippen LogP contribution in [0.2, 0.25) is 0 Å². The van der Waals surface area contributed by atoms with Gasteiger partial charge in [-0.2, -0.15) is 0 Å². The number of carbonyl (C=O) groups is 1. The lowest BCUT2D eigenvalue weighted by molar-refractivity contribution is -0.0323. The van der Waals surface area contributed by atoms with E-state index in [0.29, 0.717) is 18.0 Å². The molecule has 188 valence electrons. The third-order valence-electron chi connectivity index (χ3n) is 5.97. The summed E-state index contributed by atoms with van der Waals surface area (Å²) < 4.78 is 16.4. The van der Waals surface area contributed by atoms with E-state index in [1.165, 1.54) is 57.3 Å². The summed E-state index contributed by atoms with van der Waals surface area (Å²) in [7, 11) is 0. The molecule has 1 atom stereocenters. The molecule has 0 aliphatic rings. The Bertz CT molecular complexity index is 793. The van der Waals surface area contributed by atoms with E-state index in [9.17, 15) is 4.79 Å². The fourth-order valence-corrected chi connectivity index (χ4v) is 3.49. The Morgan fingerprint density at radius 2 is 1.56 bits per heavy atom. The molecule has 0 aliphatic heterocycles. The van der Waals surface area contributed by atoms with Crippen LogP contribution in [0, 0.1) is 5.92 Å². The monoisotopic (exact) mass is 470 g/mol. The van der Waals surface area contributed by atoms with Gasteiger partial charge in [-0.1, -0.05) is 72.1 Å². The number of aromatic nitrogens is 2. The Kier molecular flexibility index (Phi) is 13.9. The van der Waals surface area contributed by atoms with Crippen molar-refractivity contribution in [3.8, 4) is 17.1 Å². The Labute approximate surface area is 205 Å². The normalized spacial score (nSPS) is 11.9. The highest BCUT2D eigenvalue weighted by molar-refractivity contribution is 5.88. The van der Waals surface area contributed by atoms with Gasteiger partial charge in [0.2, 0.25) is 0 Å². The van der Waals surface area contributed by atoms with E-state index < -0.39 is 5.97 Å². The molecular weight excluding hydrogens is 428 g/mol. The van der Waals surface area contributed by atoms with Crippen molar-refractivity contribution in [3.63, 3.8) is 0 Å². The largest absolute Gasteiger partial charge is 0.494 e. The Balaban J connectivity index is 1.67. The molecule has 0 radical (unpaired) electrons. The molecule has 1 aromatic carbocycles. The maximum atomic E-state index is 12.1. The maximum absolute atomic E-state index is 12.1. The third-order valence-corrected chi connectivity index (χ3v) is 5.97. The predicted octanol–water partition coefficient (Wildman–Crippen LogP) is 7.23. The molecule has 6 nitrogen and oxygen atoms in total. The summed E-state index contributed by atoms with van der Waals surface area (Å²) in [6.07, 6.45) is 14.9. The second-order valence-electron chi connectivity index (χ2n) is 8.90. The average Bonchev–Trinajstić information content (AvgIpc) is 2.87. The first-order chi connectivity index (χ1) is 16.6. The molecule has 1 aromatic heterocycles. The Morgan fingerprint density at radius 1 is 0.882 bits per heavy atom. The number of nitrogens with zero attached hydrogens (tertiary/aromatic N) is 2. The van der Waals surface area contributed by atoms with Gasteiger partial charge < -0.3 is 14.2 Å². The first kappa shape index (κ1) is 27.8. The molecular formula is C28H42N2O4. The van der Waals surface area contributed by atoms with Crippen molar-refractivity contribution >= 4 is 5.97 Å². The Morgan fingerprint density at radius 3 is 2.26 bits per heavy atom. The van der Waals surface area contributed by atoms with Crippen molar-refractivity contribution in [2.45, 2.75) is 85.0 Å². The molecule has 0 saturated carbocycles. The lowest BCUT2D eigenvalue weighted by Crippen LogP contribution is -2.10. The lowest BCUT2D eigenvalue weighted by atomic mass is 10.0. The molecule has 0 aliphatic carbocycles. The van der Waals surface area contributed by atoms with Gasteiger partial charge in [-0.15, -0.1) is 0 Å². The number of carbonyl (C=O) groups excluding carboxylic acids is 1. The topological polar surface area (TPSA) is 70.5 Å². The highest BCUT2D eigenvalue weighted by atomic mass is 16.7. The van der Waals surface area contributed by atoms with Crippen molar-refractivity contribution in [1.29, 1.82) is 0 Å². The van der Waals surface area contributed by atoms with Crippen LogP contribution in [0.1, 0.15) is 95.3 Å². The van der Waals surface area contributed by atoms with Crippen molar-refractivity contribution < 1.29 is 19.0 Å². The van der Waals surface area contributed by atoms with Gasteiger partial charge in [0.1, 0.15) is 5.75 Å². The summed E-state index contributed by atoms with van der Waals surface area (Å²) in [6.45, 7) is 8.04. The second-order valence-corrected chi connectivity index (χ2v) is 8.90. The summed E-state index contributed by atoms with van der Waals surface area (Å²) in [5, 5.41) is 0. The van der Waals surface area contributed by atoms with E-state index in [4.69, 9.17) is 14.2 Å². The van der Waals surface area contributed by atoms with Crippen LogP contribution >= 0.6 is 0 Å². The molecule has 34 heavy (non-hydrogen) atoms. The van der Waals surface area contributed by atoms with E-state index in [2.05, 4.69) is 30.7 Å². The summed E-state index contributed by atoms with van der Waals surface area (Å²) in [5.74, 6) is 1.73. The second kappa shape index (κ2) is 17.0. The summed E-state index contributed by atoms with van der Waals surface area (Å²) in [5.41, 5.74) is 1.18. The SMILES string of the molecule is CCCCCCCOCOC(=O)c1cnc(-c2ccc(OCCCCCC(C)CC)cc2)nc1. The Hall–Kier alpha value is -2.47. The van der Waals surface area contributed by atoms with Crippen LogP contribution < -0.4 is 4.74 Å². The van der Waals surface area contributed by atoms with Gasteiger partial charge in [0.15, 0.2) is 12.6 Å². The van der Waals surface area contributed by atoms with Crippen LogP contribution in [-0.2, 0) is 9.47 Å². The number of rotatable bonds is 18. The van der Waals surface area contributed by atoms with E-state index >= 15 is 0 Å². The van der Waals surface area contributed by atoms with Crippen molar-refractivity contribution in [3.05, 3.63) is 42.2 Å². The molecule has 0 spiro atoms. The molecule has 0 fully saturated rings. The molecule has 0 bridgehead atoms. The van der Waals surface area contributed by atoms with Crippen LogP contribution in [0.5, 0.6) is 5.75 Å². The molecule has 2 rings (SSSR count). The van der Waals surface area contributed by atoms with Crippen LogP contribution in [0.25, 0.3) is 11.4 Å². The third kappa shape index (κ3) is 11.1. The lowest BCUT2D eigenvalue weighted by Gasteiger charge is -2.09. The minimum Gasteiger partial charge on any atom is -0.494 e. The number of benzene rings is 1. The standard InChI is InChI=1S/C28H42N2O4/c1-4-6-7-8-11-18-32-22-34-28(31)25-20-29-27(30-21-25)24-14-16-26(17-15-24)33-19-12-9-10-13-23(3)5-2/h14-17,20-21,23H,4-13,18-19,22H2,1-3H3. The van der Waals surface area contributed by atoms with Crippen molar-refractivity contribution in [1.82, 2.24) is 9.97 Å². The molecule has 2 aromatic rings. The van der Waals surface area contributed by atoms with Crippen LogP contribution in [0.15, 0.2) is 36.7 Å². The molecule has 1 heterocycles. The maximum Gasteiger partial charge on any atom is 0.343 e. The average molecular weight is 471 g/mol. The number of unbranched alkanes of at least 4 members (excludes halogenated alkanes) is 6. The van der Waals surface area contributed by atoms with Gasteiger partial charge in [-0.25, -0.2) is 14.8 Å². The number of ether oxygens (including phenoxy) is 3. The minimum absolute atomic E-state index is 0.0479. The zero-order valence-corrected chi connectivity index (χ0v) is 21.3. The molecule has 6 heteroatoms. The van der Waals surface area contributed by atoms with E-state index in [-0.39, 0.29) is 6.79 Å². The summed E-state index contributed by atoms with van der Waals surface area (Å²) in [6, 6.07) is 7.72. The van der Waals surface area contributed by atoms with E-state index in [0.717, 1.165) is 43.1 Å². The van der Waals surface area contributed by atoms with E-state index in [1.54, 1.807) is 0 Å². The van der Waals surface area contributed by atoms with Gasteiger partial charge in [0, 0.05) is 18.0 Å². The van der Waals surface area contributed by atoms with Crippen molar-refractivity contribution in [2.75, 3.05) is 20.0 Å². The number of hydrogen-bond donors (Lipinski definition) is 0. The zero-order valence-electron chi connectivity index (χ0n) is 21.3. The first-order valence-corrected chi connectivity index (χ1v) is 12.9. The van der Waals surface area contributed by atoms with Gasteiger partial charge >= 0.3 is 5.97 Å². The van der Waals surface area contributed by atoms with Gasteiger partial charge in [0.05, 0.1) is 18.8 Å². The quantitative estimate of drug-likeness (QED) is 0.130. The fourth-order valence-electron chi connectivity index (χ4n) is 3.49. The number of esters is 1. The predicted molar refractivity (Wildman–Crippen MR) is 136 cm³/mol. The zero-order chi connectivity index (χ0) is 24.4. The van der Waals surface area contributed by atoms with Gasteiger partial charge in [-0.05, 0) is 43.0 Å². The molecule has 1 unspecified atom stereocenters. The molecule has 0 N–H and O–H groups in total. The molecule has 0 saturated heterocycles.